The number of hydrogen-bond donors (Lipinski definition) is 2. The summed E-state index contributed by atoms with van der Waals surface area (Å²) in [6.45, 7) is 3.27. The molecule has 2 N–H and O–H groups in total. The van der Waals surface area contributed by atoms with E-state index < -0.39 is 0 Å². The first kappa shape index (κ1) is 17.5. The van der Waals surface area contributed by atoms with Crippen LogP contribution in [0, 0.1) is 0 Å². The van der Waals surface area contributed by atoms with Crippen LogP contribution in [0.5, 0.6) is 0 Å². The van der Waals surface area contributed by atoms with Crippen LogP contribution in [-0.4, -0.2) is 30.9 Å². The minimum atomic E-state index is -0.317. The first-order valence-electron chi connectivity index (χ1n) is 8.60. The van der Waals surface area contributed by atoms with Crippen LogP contribution in [0.4, 0.5) is 11.4 Å². The van der Waals surface area contributed by atoms with Gasteiger partial charge in [-0.1, -0.05) is 6.07 Å². The van der Waals surface area contributed by atoms with E-state index in [0.717, 1.165) is 30.8 Å². The molecular formula is C19H23N3O2S. The van der Waals surface area contributed by atoms with Crippen LogP contribution >= 0.6 is 11.3 Å². The summed E-state index contributed by atoms with van der Waals surface area (Å²) in [6, 6.07) is 11.5. The zero-order chi connectivity index (χ0) is 17.6. The van der Waals surface area contributed by atoms with Crippen LogP contribution in [0.25, 0.3) is 0 Å². The first-order chi connectivity index (χ1) is 12.1. The molecule has 0 spiro atoms. The van der Waals surface area contributed by atoms with Crippen molar-refractivity contribution in [2.75, 3.05) is 23.3 Å². The standard InChI is InChI=1S/C19H23N3O2S/c1-14(19(24)20-11-10-17-4-3-13-25-17)21-15-6-8-16(9-7-15)22-12-2-5-18(22)23/h3-4,6-9,13-14,21H,2,5,10-12H2,1H3,(H,20,24). The molecule has 0 saturated carbocycles. The molecule has 2 aromatic rings. The number of benzene rings is 1. The van der Waals surface area contributed by atoms with Gasteiger partial charge in [-0.2, -0.15) is 0 Å². The van der Waals surface area contributed by atoms with Crippen molar-refractivity contribution < 1.29 is 9.59 Å². The van der Waals surface area contributed by atoms with Crippen LogP contribution in [-0.2, 0) is 16.0 Å². The van der Waals surface area contributed by atoms with E-state index >= 15 is 0 Å². The van der Waals surface area contributed by atoms with Crippen molar-refractivity contribution >= 4 is 34.5 Å². The number of rotatable bonds is 7. The molecule has 0 radical (unpaired) electrons. The molecule has 1 unspecified atom stereocenters. The average molecular weight is 357 g/mol. The predicted octanol–water partition coefficient (Wildman–Crippen LogP) is 3.03. The summed E-state index contributed by atoms with van der Waals surface area (Å²) in [5, 5.41) is 8.20. The van der Waals surface area contributed by atoms with Crippen molar-refractivity contribution in [2.45, 2.75) is 32.2 Å². The Balaban J connectivity index is 1.47. The number of carbonyl (C=O) groups excluding carboxylic acids is 2. The molecule has 2 heterocycles. The SMILES string of the molecule is CC(Nc1ccc(N2CCCC2=O)cc1)C(=O)NCCc1cccs1. The highest BCUT2D eigenvalue weighted by molar-refractivity contribution is 7.09. The number of hydrogen-bond acceptors (Lipinski definition) is 4. The number of nitrogens with zero attached hydrogens (tertiary/aromatic N) is 1. The van der Waals surface area contributed by atoms with Crippen molar-refractivity contribution in [3.05, 3.63) is 46.7 Å². The Morgan fingerprint density at radius 1 is 1.28 bits per heavy atom. The Hall–Kier alpha value is -2.34. The van der Waals surface area contributed by atoms with Gasteiger partial charge in [-0.05, 0) is 55.5 Å². The maximum atomic E-state index is 12.2. The van der Waals surface area contributed by atoms with E-state index in [4.69, 9.17) is 0 Å². The third kappa shape index (κ3) is 4.60. The zero-order valence-corrected chi connectivity index (χ0v) is 15.1. The Labute approximate surface area is 152 Å². The fourth-order valence-electron chi connectivity index (χ4n) is 2.89. The maximum Gasteiger partial charge on any atom is 0.242 e. The molecule has 25 heavy (non-hydrogen) atoms. The van der Waals surface area contributed by atoms with E-state index in [1.165, 1.54) is 4.88 Å². The molecular weight excluding hydrogens is 334 g/mol. The Bertz CT molecular complexity index is 713. The molecule has 0 aliphatic carbocycles. The van der Waals surface area contributed by atoms with E-state index in [1.54, 1.807) is 11.3 Å². The summed E-state index contributed by atoms with van der Waals surface area (Å²) >= 11 is 1.70. The van der Waals surface area contributed by atoms with E-state index in [0.29, 0.717) is 13.0 Å². The number of thiophene rings is 1. The van der Waals surface area contributed by atoms with Gasteiger partial charge in [-0.25, -0.2) is 0 Å². The summed E-state index contributed by atoms with van der Waals surface area (Å²) in [5.41, 5.74) is 1.79. The van der Waals surface area contributed by atoms with Gasteiger partial charge in [0, 0.05) is 35.8 Å². The fourth-order valence-corrected chi connectivity index (χ4v) is 3.60. The largest absolute Gasteiger partial charge is 0.374 e. The van der Waals surface area contributed by atoms with E-state index in [9.17, 15) is 9.59 Å². The van der Waals surface area contributed by atoms with Gasteiger partial charge in [0.25, 0.3) is 0 Å². The topological polar surface area (TPSA) is 61.4 Å². The molecule has 1 atom stereocenters. The zero-order valence-electron chi connectivity index (χ0n) is 14.3. The molecule has 1 aromatic carbocycles. The quantitative estimate of drug-likeness (QED) is 0.801. The maximum absolute atomic E-state index is 12.2. The third-order valence-corrected chi connectivity index (χ3v) is 5.22. The number of anilines is 2. The van der Waals surface area contributed by atoms with Gasteiger partial charge >= 0.3 is 0 Å². The van der Waals surface area contributed by atoms with Gasteiger partial charge in [0.05, 0.1) is 0 Å². The molecule has 1 aliphatic rings. The van der Waals surface area contributed by atoms with E-state index in [1.807, 2.05) is 47.5 Å². The average Bonchev–Trinajstić information content (AvgIpc) is 3.27. The first-order valence-corrected chi connectivity index (χ1v) is 9.48. The molecule has 2 amide bonds. The third-order valence-electron chi connectivity index (χ3n) is 4.28. The monoisotopic (exact) mass is 357 g/mol. The summed E-state index contributed by atoms with van der Waals surface area (Å²) in [6.07, 6.45) is 2.40. The molecule has 3 rings (SSSR count). The normalized spacial score (nSPS) is 15.2. The lowest BCUT2D eigenvalue weighted by Crippen LogP contribution is -2.38. The highest BCUT2D eigenvalue weighted by Crippen LogP contribution is 2.23. The summed E-state index contributed by atoms with van der Waals surface area (Å²) < 4.78 is 0. The second-order valence-corrected chi connectivity index (χ2v) is 7.21. The molecule has 132 valence electrons. The number of carbonyl (C=O) groups is 2. The van der Waals surface area contributed by atoms with Crippen molar-refractivity contribution in [2.24, 2.45) is 0 Å². The summed E-state index contributed by atoms with van der Waals surface area (Å²) in [4.78, 5) is 27.0. The molecule has 6 heteroatoms. The number of amides is 2. The van der Waals surface area contributed by atoms with Gasteiger partial charge in [0.2, 0.25) is 11.8 Å². The highest BCUT2D eigenvalue weighted by Gasteiger charge is 2.21. The smallest absolute Gasteiger partial charge is 0.242 e. The Morgan fingerprint density at radius 3 is 2.72 bits per heavy atom. The van der Waals surface area contributed by atoms with E-state index in [-0.39, 0.29) is 17.9 Å². The van der Waals surface area contributed by atoms with E-state index in [2.05, 4.69) is 16.7 Å². The summed E-state index contributed by atoms with van der Waals surface area (Å²) in [7, 11) is 0. The summed E-state index contributed by atoms with van der Waals surface area (Å²) in [5.74, 6) is 0.162. The number of nitrogens with one attached hydrogen (secondary N) is 2. The van der Waals surface area contributed by atoms with Crippen molar-refractivity contribution in [1.29, 1.82) is 0 Å². The van der Waals surface area contributed by atoms with Gasteiger partial charge in [-0.15, -0.1) is 11.3 Å². The van der Waals surface area contributed by atoms with Gasteiger partial charge < -0.3 is 15.5 Å². The van der Waals surface area contributed by atoms with Crippen LogP contribution in [0.2, 0.25) is 0 Å². The Kier molecular flexibility index (Phi) is 5.71. The molecule has 5 nitrogen and oxygen atoms in total. The van der Waals surface area contributed by atoms with Crippen LogP contribution in [0.15, 0.2) is 41.8 Å². The van der Waals surface area contributed by atoms with Crippen LogP contribution in [0.3, 0.4) is 0 Å². The lowest BCUT2D eigenvalue weighted by molar-refractivity contribution is -0.121. The Morgan fingerprint density at radius 2 is 2.08 bits per heavy atom. The van der Waals surface area contributed by atoms with Gasteiger partial charge in [-0.3, -0.25) is 9.59 Å². The van der Waals surface area contributed by atoms with Crippen molar-refractivity contribution in [1.82, 2.24) is 5.32 Å². The molecule has 0 bridgehead atoms. The lowest BCUT2D eigenvalue weighted by atomic mass is 10.2. The van der Waals surface area contributed by atoms with Gasteiger partial charge in [0.15, 0.2) is 0 Å². The predicted molar refractivity (Wildman–Crippen MR) is 102 cm³/mol. The second-order valence-electron chi connectivity index (χ2n) is 6.18. The minimum Gasteiger partial charge on any atom is -0.374 e. The van der Waals surface area contributed by atoms with Gasteiger partial charge in [0.1, 0.15) is 6.04 Å². The highest BCUT2D eigenvalue weighted by atomic mass is 32.1. The molecule has 1 saturated heterocycles. The molecule has 1 fully saturated rings. The second kappa shape index (κ2) is 8.16. The van der Waals surface area contributed by atoms with Crippen LogP contribution in [0.1, 0.15) is 24.6 Å². The van der Waals surface area contributed by atoms with Crippen molar-refractivity contribution in [3.8, 4) is 0 Å². The lowest BCUT2D eigenvalue weighted by Gasteiger charge is -2.18. The van der Waals surface area contributed by atoms with Crippen LogP contribution < -0.4 is 15.5 Å². The molecule has 1 aliphatic heterocycles. The fraction of sp³-hybridized carbons (Fsp3) is 0.368. The van der Waals surface area contributed by atoms with Crippen molar-refractivity contribution in [3.63, 3.8) is 0 Å². The molecule has 1 aromatic heterocycles. The minimum absolute atomic E-state index is 0.0182.